The summed E-state index contributed by atoms with van der Waals surface area (Å²) in [5.74, 6) is 0. The van der Waals surface area contributed by atoms with E-state index in [1.165, 1.54) is 0 Å². The topological polar surface area (TPSA) is 46.0 Å². The summed E-state index contributed by atoms with van der Waals surface area (Å²) in [5.41, 5.74) is 1.51. The zero-order valence-corrected chi connectivity index (χ0v) is 7.68. The number of hydrogen-bond acceptors (Lipinski definition) is 5. The Kier molecular flexibility index (Phi) is 2.16. The Bertz CT molecular complexity index is 296. The third-order valence-electron chi connectivity index (χ3n) is 1.52. The minimum absolute atomic E-state index is 0.616. The van der Waals surface area contributed by atoms with Crippen molar-refractivity contribution in [3.8, 4) is 0 Å². The number of aromatic nitrogens is 2. The summed E-state index contributed by atoms with van der Waals surface area (Å²) in [6.07, 6.45) is 0.975. The molecule has 0 bridgehead atoms. The first kappa shape index (κ1) is 7.85. The van der Waals surface area contributed by atoms with Gasteiger partial charge in [0.25, 0.3) is 0 Å². The SMILES string of the molecule is OC(c1ccsc1)c1cnsn1. The number of hydrogen-bond donors (Lipinski definition) is 1. The van der Waals surface area contributed by atoms with Crippen molar-refractivity contribution in [1.29, 1.82) is 0 Å². The van der Waals surface area contributed by atoms with Crippen LogP contribution < -0.4 is 0 Å². The van der Waals surface area contributed by atoms with Crippen molar-refractivity contribution >= 4 is 23.1 Å². The van der Waals surface area contributed by atoms with Gasteiger partial charge in [-0.2, -0.15) is 20.1 Å². The standard InChI is InChI=1S/C7H6N2OS2/c10-7(5-1-2-11-4-5)6-3-8-12-9-6/h1-4,7,10H. The van der Waals surface area contributed by atoms with E-state index in [1.54, 1.807) is 17.5 Å². The molecule has 2 aromatic rings. The van der Waals surface area contributed by atoms with Crippen LogP contribution in [-0.2, 0) is 0 Å². The predicted octanol–water partition coefficient (Wildman–Crippen LogP) is 1.68. The van der Waals surface area contributed by atoms with Crippen LogP contribution >= 0.6 is 23.1 Å². The van der Waals surface area contributed by atoms with Gasteiger partial charge < -0.3 is 5.11 Å². The lowest BCUT2D eigenvalue weighted by Gasteiger charge is -2.02. The number of aliphatic hydroxyl groups is 1. The molecule has 1 N–H and O–H groups in total. The molecule has 2 rings (SSSR count). The third-order valence-corrected chi connectivity index (χ3v) is 2.71. The summed E-state index contributed by atoms with van der Waals surface area (Å²) in [6.45, 7) is 0. The van der Waals surface area contributed by atoms with E-state index < -0.39 is 6.10 Å². The first-order valence-corrected chi connectivity index (χ1v) is 5.03. The van der Waals surface area contributed by atoms with Gasteiger partial charge in [0.05, 0.1) is 17.9 Å². The quantitative estimate of drug-likeness (QED) is 0.798. The predicted molar refractivity (Wildman–Crippen MR) is 48.3 cm³/mol. The fourth-order valence-electron chi connectivity index (χ4n) is 0.894. The van der Waals surface area contributed by atoms with E-state index in [9.17, 15) is 5.11 Å². The highest BCUT2D eigenvalue weighted by molar-refractivity contribution is 7.08. The average Bonchev–Trinajstić information content (AvgIpc) is 2.77. The van der Waals surface area contributed by atoms with Crippen LogP contribution in [-0.4, -0.2) is 13.9 Å². The number of aliphatic hydroxyl groups excluding tert-OH is 1. The van der Waals surface area contributed by atoms with E-state index in [-0.39, 0.29) is 0 Å². The zero-order valence-electron chi connectivity index (χ0n) is 6.04. The lowest BCUT2D eigenvalue weighted by molar-refractivity contribution is 0.217. The van der Waals surface area contributed by atoms with Crippen molar-refractivity contribution in [2.24, 2.45) is 0 Å². The Morgan fingerprint density at radius 1 is 1.50 bits per heavy atom. The molecule has 0 saturated carbocycles. The number of rotatable bonds is 2. The van der Waals surface area contributed by atoms with Gasteiger partial charge >= 0.3 is 0 Å². The second-order valence-corrected chi connectivity index (χ2v) is 3.63. The van der Waals surface area contributed by atoms with Crippen LogP contribution in [0.2, 0.25) is 0 Å². The van der Waals surface area contributed by atoms with Crippen molar-refractivity contribution in [3.63, 3.8) is 0 Å². The van der Waals surface area contributed by atoms with E-state index in [0.29, 0.717) is 5.69 Å². The summed E-state index contributed by atoms with van der Waals surface area (Å²) in [4.78, 5) is 0. The Labute approximate surface area is 77.6 Å². The molecule has 5 heteroatoms. The summed E-state index contributed by atoms with van der Waals surface area (Å²) < 4.78 is 7.78. The molecule has 2 aromatic heterocycles. The first-order chi connectivity index (χ1) is 5.88. The average molecular weight is 198 g/mol. The minimum atomic E-state index is -0.616. The van der Waals surface area contributed by atoms with Crippen molar-refractivity contribution < 1.29 is 5.11 Å². The van der Waals surface area contributed by atoms with Gasteiger partial charge in [-0.25, -0.2) is 0 Å². The summed E-state index contributed by atoms with van der Waals surface area (Å²) in [7, 11) is 0. The molecule has 0 aromatic carbocycles. The van der Waals surface area contributed by atoms with Crippen molar-refractivity contribution in [3.05, 3.63) is 34.3 Å². The van der Waals surface area contributed by atoms with E-state index in [1.807, 2.05) is 16.8 Å². The molecule has 0 saturated heterocycles. The first-order valence-electron chi connectivity index (χ1n) is 3.35. The van der Waals surface area contributed by atoms with Crippen LogP contribution in [0.5, 0.6) is 0 Å². The highest BCUT2D eigenvalue weighted by Crippen LogP contribution is 2.21. The molecule has 0 radical (unpaired) electrons. The molecule has 0 amide bonds. The fraction of sp³-hybridized carbons (Fsp3) is 0.143. The van der Waals surface area contributed by atoms with Crippen LogP contribution in [0.1, 0.15) is 17.4 Å². The second-order valence-electron chi connectivity index (χ2n) is 2.29. The molecule has 62 valence electrons. The molecule has 0 aliphatic carbocycles. The van der Waals surface area contributed by atoms with Crippen LogP contribution in [0, 0.1) is 0 Å². The van der Waals surface area contributed by atoms with Gasteiger partial charge in [-0.05, 0) is 22.4 Å². The second kappa shape index (κ2) is 3.30. The van der Waals surface area contributed by atoms with Crippen molar-refractivity contribution in [2.75, 3.05) is 0 Å². The normalized spacial score (nSPS) is 13.1. The van der Waals surface area contributed by atoms with Gasteiger partial charge in [0, 0.05) is 0 Å². The van der Waals surface area contributed by atoms with E-state index >= 15 is 0 Å². The highest BCUT2D eigenvalue weighted by atomic mass is 32.1. The molecule has 3 nitrogen and oxygen atoms in total. The van der Waals surface area contributed by atoms with Crippen LogP contribution in [0.4, 0.5) is 0 Å². The molecular weight excluding hydrogens is 192 g/mol. The lowest BCUT2D eigenvalue weighted by atomic mass is 10.1. The highest BCUT2D eigenvalue weighted by Gasteiger charge is 2.12. The van der Waals surface area contributed by atoms with Gasteiger partial charge in [0.15, 0.2) is 0 Å². The Morgan fingerprint density at radius 3 is 3.00 bits per heavy atom. The largest absolute Gasteiger partial charge is 0.382 e. The monoisotopic (exact) mass is 198 g/mol. The third kappa shape index (κ3) is 1.38. The minimum Gasteiger partial charge on any atom is -0.382 e. The van der Waals surface area contributed by atoms with Crippen LogP contribution in [0.15, 0.2) is 23.0 Å². The van der Waals surface area contributed by atoms with E-state index in [0.717, 1.165) is 17.3 Å². The van der Waals surface area contributed by atoms with Gasteiger partial charge in [0.1, 0.15) is 11.8 Å². The summed E-state index contributed by atoms with van der Waals surface area (Å²) >= 11 is 2.67. The summed E-state index contributed by atoms with van der Waals surface area (Å²) in [5, 5.41) is 13.5. The van der Waals surface area contributed by atoms with Gasteiger partial charge in [-0.15, -0.1) is 0 Å². The van der Waals surface area contributed by atoms with Gasteiger partial charge in [-0.1, -0.05) is 0 Å². The molecule has 0 spiro atoms. The Balaban J connectivity index is 2.27. The van der Waals surface area contributed by atoms with Crippen LogP contribution in [0.25, 0.3) is 0 Å². The van der Waals surface area contributed by atoms with Gasteiger partial charge in [0.2, 0.25) is 0 Å². The lowest BCUT2D eigenvalue weighted by Crippen LogP contribution is -1.97. The molecule has 0 aliphatic heterocycles. The molecular formula is C7H6N2OS2. The number of thiophene rings is 1. The fourth-order valence-corrected chi connectivity index (χ4v) is 2.02. The van der Waals surface area contributed by atoms with E-state index in [4.69, 9.17) is 0 Å². The summed E-state index contributed by atoms with van der Waals surface area (Å²) in [6, 6.07) is 1.88. The van der Waals surface area contributed by atoms with Crippen LogP contribution in [0.3, 0.4) is 0 Å². The van der Waals surface area contributed by atoms with E-state index in [2.05, 4.69) is 8.75 Å². The molecule has 2 heterocycles. The maximum atomic E-state index is 9.68. The Morgan fingerprint density at radius 2 is 2.42 bits per heavy atom. The maximum Gasteiger partial charge on any atom is 0.124 e. The maximum absolute atomic E-state index is 9.68. The van der Waals surface area contributed by atoms with Gasteiger partial charge in [-0.3, -0.25) is 0 Å². The molecule has 1 atom stereocenters. The molecule has 0 aliphatic rings. The molecule has 1 unspecified atom stereocenters. The Hall–Kier alpha value is -0.780. The number of nitrogens with zero attached hydrogens (tertiary/aromatic N) is 2. The smallest absolute Gasteiger partial charge is 0.124 e. The van der Waals surface area contributed by atoms with Crippen molar-refractivity contribution in [2.45, 2.75) is 6.10 Å². The molecule has 12 heavy (non-hydrogen) atoms. The molecule has 0 fully saturated rings. The van der Waals surface area contributed by atoms with Crippen molar-refractivity contribution in [1.82, 2.24) is 8.75 Å². The zero-order chi connectivity index (χ0) is 8.39.